The van der Waals surface area contributed by atoms with Crippen LogP contribution >= 0.6 is 0 Å². The number of hydrogen-bond donors (Lipinski definition) is 1. The molecule has 1 amide bonds. The molecule has 10 nitrogen and oxygen atoms in total. The van der Waals surface area contributed by atoms with Crippen molar-refractivity contribution < 1.29 is 18.4 Å². The van der Waals surface area contributed by atoms with Gasteiger partial charge in [-0.25, -0.2) is 18.3 Å². The Balaban J connectivity index is 1.36. The minimum atomic E-state index is -0.494. The normalized spacial score (nSPS) is 11.0. The van der Waals surface area contributed by atoms with Gasteiger partial charge in [0.1, 0.15) is 18.1 Å². The number of ether oxygens (including phenoxy) is 1. The lowest BCUT2D eigenvalue weighted by molar-refractivity contribution is -0.122. The van der Waals surface area contributed by atoms with E-state index in [9.17, 15) is 14.0 Å². The summed E-state index contributed by atoms with van der Waals surface area (Å²) in [5.41, 5.74) is 1.48. The van der Waals surface area contributed by atoms with Crippen LogP contribution in [0.3, 0.4) is 0 Å². The summed E-state index contributed by atoms with van der Waals surface area (Å²) in [6.45, 7) is 0.0233. The molecular weight excluding hydrogens is 455 g/mol. The van der Waals surface area contributed by atoms with Crippen LogP contribution in [0.15, 0.2) is 76.2 Å². The van der Waals surface area contributed by atoms with Crippen molar-refractivity contribution in [1.29, 1.82) is 0 Å². The van der Waals surface area contributed by atoms with Crippen LogP contribution in [0.4, 0.5) is 4.39 Å². The lowest BCUT2D eigenvalue weighted by atomic mass is 10.2. The smallest absolute Gasteiger partial charge is 0.350 e. The Bertz CT molecular complexity index is 1570. The van der Waals surface area contributed by atoms with Crippen molar-refractivity contribution in [3.63, 3.8) is 0 Å². The van der Waals surface area contributed by atoms with Crippen molar-refractivity contribution in [2.24, 2.45) is 0 Å². The first kappa shape index (κ1) is 22.0. The first-order valence-electron chi connectivity index (χ1n) is 10.6. The van der Waals surface area contributed by atoms with Gasteiger partial charge in [-0.3, -0.25) is 4.79 Å². The van der Waals surface area contributed by atoms with Crippen LogP contribution in [0.5, 0.6) is 5.75 Å². The number of pyridine rings is 1. The van der Waals surface area contributed by atoms with Crippen molar-refractivity contribution in [2.75, 3.05) is 7.11 Å². The molecule has 35 heavy (non-hydrogen) atoms. The molecule has 0 aliphatic heterocycles. The Morgan fingerprint density at radius 2 is 1.97 bits per heavy atom. The van der Waals surface area contributed by atoms with Gasteiger partial charge in [-0.15, -0.1) is 5.10 Å². The SMILES string of the molecule is COc1ccc(CNC(=O)Cn2nc3c(-c4nc(-c5cccc(F)c5)no4)cccn3c2=O)cc1. The average Bonchev–Trinajstić information content (AvgIpc) is 3.48. The third-order valence-electron chi connectivity index (χ3n) is 5.29. The molecule has 0 fully saturated rings. The molecule has 11 heteroatoms. The van der Waals surface area contributed by atoms with E-state index in [1.165, 1.54) is 22.7 Å². The van der Waals surface area contributed by atoms with Gasteiger partial charge in [0.2, 0.25) is 11.7 Å². The molecule has 0 aliphatic carbocycles. The number of carbonyl (C=O) groups is 1. The summed E-state index contributed by atoms with van der Waals surface area (Å²) in [6.07, 6.45) is 1.53. The van der Waals surface area contributed by atoms with Crippen LogP contribution in [-0.4, -0.2) is 37.3 Å². The molecule has 5 aromatic rings. The zero-order valence-corrected chi connectivity index (χ0v) is 18.5. The van der Waals surface area contributed by atoms with Crippen molar-refractivity contribution in [2.45, 2.75) is 13.1 Å². The highest BCUT2D eigenvalue weighted by molar-refractivity contribution is 5.76. The maximum absolute atomic E-state index is 13.5. The predicted molar refractivity (Wildman–Crippen MR) is 123 cm³/mol. The maximum atomic E-state index is 13.5. The van der Waals surface area contributed by atoms with Crippen molar-refractivity contribution in [1.82, 2.24) is 29.6 Å². The van der Waals surface area contributed by atoms with Crippen LogP contribution in [0.1, 0.15) is 5.56 Å². The van der Waals surface area contributed by atoms with Gasteiger partial charge in [0.15, 0.2) is 5.65 Å². The van der Waals surface area contributed by atoms with Crippen molar-refractivity contribution >= 4 is 11.6 Å². The number of nitrogens with one attached hydrogen (secondary N) is 1. The van der Waals surface area contributed by atoms with Crippen LogP contribution < -0.4 is 15.7 Å². The van der Waals surface area contributed by atoms with Gasteiger partial charge >= 0.3 is 5.69 Å². The van der Waals surface area contributed by atoms with E-state index in [1.807, 2.05) is 12.1 Å². The predicted octanol–water partition coefficient (Wildman–Crippen LogP) is 2.68. The molecule has 0 saturated carbocycles. The van der Waals surface area contributed by atoms with E-state index in [0.717, 1.165) is 16.0 Å². The zero-order valence-electron chi connectivity index (χ0n) is 18.5. The standard InChI is InChI=1S/C24H19FN6O4/c1-34-18-9-7-15(8-10-18)13-26-20(32)14-31-24(33)30-11-3-6-19(22(30)28-31)23-27-21(29-35-23)16-4-2-5-17(25)12-16/h2-12H,13-14H2,1H3,(H,26,32). The molecule has 0 atom stereocenters. The molecule has 5 rings (SSSR count). The fraction of sp³-hybridized carbons (Fsp3) is 0.125. The van der Waals surface area contributed by atoms with Gasteiger partial charge in [0.25, 0.3) is 5.89 Å². The molecule has 176 valence electrons. The Labute approximate surface area is 197 Å². The fourth-order valence-electron chi connectivity index (χ4n) is 3.52. The number of methoxy groups -OCH3 is 1. The molecule has 0 bridgehead atoms. The number of benzene rings is 2. The molecule has 2 aromatic carbocycles. The molecule has 0 spiro atoms. The van der Waals surface area contributed by atoms with E-state index in [0.29, 0.717) is 17.7 Å². The number of hydrogen-bond acceptors (Lipinski definition) is 7. The lowest BCUT2D eigenvalue weighted by Gasteiger charge is -2.06. The van der Waals surface area contributed by atoms with Crippen molar-refractivity contribution in [3.8, 4) is 28.6 Å². The largest absolute Gasteiger partial charge is 0.497 e. The van der Waals surface area contributed by atoms with Gasteiger partial charge in [-0.1, -0.05) is 29.4 Å². The minimum Gasteiger partial charge on any atom is -0.497 e. The van der Waals surface area contributed by atoms with E-state index in [1.54, 1.807) is 43.5 Å². The summed E-state index contributed by atoms with van der Waals surface area (Å²) >= 11 is 0. The number of carbonyl (C=O) groups excluding carboxylic acids is 1. The zero-order chi connectivity index (χ0) is 24.4. The second-order valence-corrected chi connectivity index (χ2v) is 7.61. The quantitative estimate of drug-likeness (QED) is 0.385. The summed E-state index contributed by atoms with van der Waals surface area (Å²) < 4.78 is 26.4. The Hall–Kier alpha value is -4.80. The van der Waals surface area contributed by atoms with E-state index >= 15 is 0 Å². The summed E-state index contributed by atoms with van der Waals surface area (Å²) in [5, 5.41) is 11.0. The molecule has 0 saturated heterocycles. The van der Waals surface area contributed by atoms with Gasteiger partial charge in [-0.05, 0) is 42.0 Å². The number of fused-ring (bicyclic) bond motifs is 1. The third-order valence-corrected chi connectivity index (χ3v) is 5.29. The Kier molecular flexibility index (Phi) is 5.80. The molecule has 0 aliphatic rings. The second-order valence-electron chi connectivity index (χ2n) is 7.61. The van der Waals surface area contributed by atoms with Crippen LogP contribution in [0.2, 0.25) is 0 Å². The number of nitrogens with zero attached hydrogens (tertiary/aromatic N) is 5. The van der Waals surface area contributed by atoms with E-state index in [2.05, 4.69) is 20.6 Å². The van der Waals surface area contributed by atoms with E-state index in [-0.39, 0.29) is 29.8 Å². The van der Waals surface area contributed by atoms with Crippen molar-refractivity contribution in [3.05, 3.63) is 88.7 Å². The monoisotopic (exact) mass is 474 g/mol. The number of rotatable bonds is 7. The van der Waals surface area contributed by atoms with Gasteiger partial charge in [0, 0.05) is 18.3 Å². The van der Waals surface area contributed by atoms with Crippen LogP contribution in [0, 0.1) is 5.82 Å². The molecule has 3 heterocycles. The third kappa shape index (κ3) is 4.51. The van der Waals surface area contributed by atoms with E-state index in [4.69, 9.17) is 9.26 Å². The van der Waals surface area contributed by atoms with Gasteiger partial charge in [-0.2, -0.15) is 4.98 Å². The maximum Gasteiger partial charge on any atom is 0.350 e. The minimum absolute atomic E-state index is 0.107. The highest BCUT2D eigenvalue weighted by atomic mass is 19.1. The Morgan fingerprint density at radius 3 is 2.74 bits per heavy atom. The van der Waals surface area contributed by atoms with Gasteiger partial charge in [0.05, 0.1) is 12.7 Å². The Morgan fingerprint density at radius 1 is 1.14 bits per heavy atom. The fourth-order valence-corrected chi connectivity index (χ4v) is 3.52. The number of halogens is 1. The highest BCUT2D eigenvalue weighted by Gasteiger charge is 2.18. The van der Waals surface area contributed by atoms with Crippen LogP contribution in [-0.2, 0) is 17.9 Å². The number of amides is 1. The molecule has 3 aromatic heterocycles. The lowest BCUT2D eigenvalue weighted by Crippen LogP contribution is -2.32. The van der Waals surface area contributed by atoms with Gasteiger partial charge < -0.3 is 14.6 Å². The van der Waals surface area contributed by atoms with E-state index < -0.39 is 11.5 Å². The highest BCUT2D eigenvalue weighted by Crippen LogP contribution is 2.24. The topological polar surface area (TPSA) is 117 Å². The molecular formula is C24H19FN6O4. The number of aromatic nitrogens is 5. The average molecular weight is 474 g/mol. The summed E-state index contributed by atoms with van der Waals surface area (Å²) in [4.78, 5) is 29.6. The first-order valence-corrected chi connectivity index (χ1v) is 10.6. The molecule has 0 radical (unpaired) electrons. The molecule has 1 N–H and O–H groups in total. The molecule has 0 unspecified atom stereocenters. The summed E-state index contributed by atoms with van der Waals surface area (Å²) in [5.74, 6) is 0.221. The first-order chi connectivity index (χ1) is 17.0. The van der Waals surface area contributed by atoms with Crippen LogP contribution in [0.25, 0.3) is 28.5 Å². The summed E-state index contributed by atoms with van der Waals surface area (Å²) in [6, 6.07) is 16.4. The second kappa shape index (κ2) is 9.21. The summed E-state index contributed by atoms with van der Waals surface area (Å²) in [7, 11) is 1.58.